The summed E-state index contributed by atoms with van der Waals surface area (Å²) in [4.78, 5) is 11.5. The maximum absolute atomic E-state index is 11.5. The quantitative estimate of drug-likeness (QED) is 0.597. The summed E-state index contributed by atoms with van der Waals surface area (Å²) < 4.78 is 5.16. The number of hydrogen-bond donors (Lipinski definition) is 1. The van der Waals surface area contributed by atoms with E-state index in [4.69, 9.17) is 22.1 Å². The smallest absolute Gasteiger partial charge is 0.188 e. The molecule has 2 N–H and O–H groups in total. The van der Waals surface area contributed by atoms with Crippen molar-refractivity contribution in [1.29, 1.82) is 0 Å². The van der Waals surface area contributed by atoms with Gasteiger partial charge in [0.25, 0.3) is 0 Å². The summed E-state index contributed by atoms with van der Waals surface area (Å²) in [7, 11) is 0. The van der Waals surface area contributed by atoms with Crippen LogP contribution >= 0.6 is 11.6 Å². The van der Waals surface area contributed by atoms with Crippen LogP contribution in [-0.4, -0.2) is 25.5 Å². The molecule has 15 heavy (non-hydrogen) atoms. The third-order valence-corrected chi connectivity index (χ3v) is 2.14. The highest BCUT2D eigenvalue weighted by Gasteiger charge is 2.04. The average molecular weight is 228 g/mol. The van der Waals surface area contributed by atoms with Gasteiger partial charge >= 0.3 is 0 Å². The van der Waals surface area contributed by atoms with Crippen molar-refractivity contribution < 1.29 is 9.53 Å². The van der Waals surface area contributed by atoms with E-state index in [9.17, 15) is 4.79 Å². The number of benzene rings is 1. The first kappa shape index (κ1) is 12.2. The molecule has 0 spiro atoms. The summed E-state index contributed by atoms with van der Waals surface area (Å²) in [5, 5.41) is 0.621. The van der Waals surface area contributed by atoms with Crippen LogP contribution in [-0.2, 0) is 4.74 Å². The van der Waals surface area contributed by atoms with Crippen LogP contribution in [0.15, 0.2) is 24.3 Å². The molecule has 0 saturated carbocycles. The van der Waals surface area contributed by atoms with Crippen molar-refractivity contribution in [2.24, 2.45) is 5.73 Å². The molecule has 0 amide bonds. The summed E-state index contributed by atoms with van der Waals surface area (Å²) in [6.45, 7) is 1.20. The monoisotopic (exact) mass is 227 g/mol. The Morgan fingerprint density at radius 2 is 2.00 bits per heavy atom. The molecule has 1 rings (SSSR count). The number of ether oxygens (including phenoxy) is 1. The summed E-state index contributed by atoms with van der Waals surface area (Å²) in [6.07, 6.45) is 0.772. The molecule has 4 heteroatoms. The third kappa shape index (κ3) is 4.42. The number of Topliss-reactive ketones (excluding diaryl/α,β-unsaturated/α-hetero) is 1. The molecule has 0 saturated heterocycles. The highest BCUT2D eigenvalue weighted by molar-refractivity contribution is 6.30. The van der Waals surface area contributed by atoms with Crippen molar-refractivity contribution in [1.82, 2.24) is 0 Å². The van der Waals surface area contributed by atoms with Crippen LogP contribution in [0.2, 0.25) is 5.02 Å². The lowest BCUT2D eigenvalue weighted by atomic mass is 10.1. The first-order chi connectivity index (χ1) is 7.24. The summed E-state index contributed by atoms with van der Waals surface area (Å²) in [5.41, 5.74) is 5.91. The number of nitrogens with two attached hydrogens (primary N) is 1. The van der Waals surface area contributed by atoms with Crippen molar-refractivity contribution in [3.05, 3.63) is 34.9 Å². The number of rotatable bonds is 6. The largest absolute Gasteiger partial charge is 0.373 e. The van der Waals surface area contributed by atoms with E-state index in [1.54, 1.807) is 24.3 Å². The molecule has 0 aliphatic rings. The second-order valence-electron chi connectivity index (χ2n) is 3.12. The zero-order valence-electron chi connectivity index (χ0n) is 8.41. The Kier molecular flexibility index (Phi) is 5.32. The van der Waals surface area contributed by atoms with Gasteiger partial charge in [0.2, 0.25) is 0 Å². The Hall–Kier alpha value is -0.900. The van der Waals surface area contributed by atoms with Crippen molar-refractivity contribution in [3.63, 3.8) is 0 Å². The minimum absolute atomic E-state index is 0.0383. The number of hydrogen-bond acceptors (Lipinski definition) is 3. The molecule has 0 bridgehead atoms. The third-order valence-electron chi connectivity index (χ3n) is 1.89. The molecule has 0 radical (unpaired) electrons. The molecule has 0 aliphatic carbocycles. The molecule has 0 aromatic heterocycles. The van der Waals surface area contributed by atoms with Crippen LogP contribution < -0.4 is 5.73 Å². The van der Waals surface area contributed by atoms with Crippen LogP contribution in [0.3, 0.4) is 0 Å². The van der Waals surface area contributed by atoms with Crippen LogP contribution in [0.1, 0.15) is 16.8 Å². The van der Waals surface area contributed by atoms with E-state index in [1.807, 2.05) is 0 Å². The molecular weight excluding hydrogens is 214 g/mol. The Labute approximate surface area is 94.2 Å². The van der Waals surface area contributed by atoms with Crippen molar-refractivity contribution in [3.8, 4) is 0 Å². The number of carbonyl (C=O) groups excluding carboxylic acids is 1. The molecule has 82 valence electrons. The molecule has 0 aliphatic heterocycles. The van der Waals surface area contributed by atoms with E-state index in [0.717, 1.165) is 6.42 Å². The molecule has 3 nitrogen and oxygen atoms in total. The second-order valence-corrected chi connectivity index (χ2v) is 3.56. The van der Waals surface area contributed by atoms with Crippen LogP contribution in [0.25, 0.3) is 0 Å². The normalized spacial score (nSPS) is 10.3. The van der Waals surface area contributed by atoms with Gasteiger partial charge in [-0.05, 0) is 37.2 Å². The fraction of sp³-hybridized carbons (Fsp3) is 0.364. The van der Waals surface area contributed by atoms with E-state index in [1.165, 1.54) is 0 Å². The predicted molar refractivity (Wildman–Crippen MR) is 60.3 cm³/mol. The SMILES string of the molecule is NCCCOCC(=O)c1ccc(Cl)cc1. The Morgan fingerprint density at radius 3 is 2.60 bits per heavy atom. The van der Waals surface area contributed by atoms with Crippen molar-refractivity contribution in [2.75, 3.05) is 19.8 Å². The lowest BCUT2D eigenvalue weighted by molar-refractivity contribution is 0.0758. The van der Waals surface area contributed by atoms with Crippen molar-refractivity contribution in [2.45, 2.75) is 6.42 Å². The molecule has 1 aromatic rings. The zero-order chi connectivity index (χ0) is 11.1. The highest BCUT2D eigenvalue weighted by atomic mass is 35.5. The molecule has 0 fully saturated rings. The van der Waals surface area contributed by atoms with Crippen LogP contribution in [0.4, 0.5) is 0 Å². The highest BCUT2D eigenvalue weighted by Crippen LogP contribution is 2.09. The molecule has 0 heterocycles. The minimum atomic E-state index is -0.0383. The second kappa shape index (κ2) is 6.56. The van der Waals surface area contributed by atoms with Gasteiger partial charge in [-0.1, -0.05) is 11.6 Å². The summed E-state index contributed by atoms with van der Waals surface area (Å²) in [6, 6.07) is 6.76. The van der Waals surface area contributed by atoms with Gasteiger partial charge in [0.05, 0.1) is 0 Å². The fourth-order valence-electron chi connectivity index (χ4n) is 1.07. The topological polar surface area (TPSA) is 52.3 Å². The molecule has 0 unspecified atom stereocenters. The Bertz CT molecular complexity index is 311. The van der Waals surface area contributed by atoms with Gasteiger partial charge in [-0.2, -0.15) is 0 Å². The minimum Gasteiger partial charge on any atom is -0.373 e. The van der Waals surface area contributed by atoms with Crippen LogP contribution in [0.5, 0.6) is 0 Å². The van der Waals surface area contributed by atoms with Gasteiger partial charge in [0, 0.05) is 17.2 Å². The molecule has 0 atom stereocenters. The first-order valence-electron chi connectivity index (χ1n) is 4.80. The van der Waals surface area contributed by atoms with Gasteiger partial charge in [-0.25, -0.2) is 0 Å². The zero-order valence-corrected chi connectivity index (χ0v) is 9.17. The van der Waals surface area contributed by atoms with E-state index >= 15 is 0 Å². The molecule has 1 aromatic carbocycles. The van der Waals surface area contributed by atoms with Gasteiger partial charge in [-0.3, -0.25) is 4.79 Å². The maximum Gasteiger partial charge on any atom is 0.188 e. The van der Waals surface area contributed by atoms with Gasteiger partial charge < -0.3 is 10.5 Å². The van der Waals surface area contributed by atoms with Gasteiger partial charge in [0.1, 0.15) is 6.61 Å². The van der Waals surface area contributed by atoms with E-state index < -0.39 is 0 Å². The molecular formula is C11H14ClNO2. The van der Waals surface area contributed by atoms with E-state index in [2.05, 4.69) is 0 Å². The van der Waals surface area contributed by atoms with E-state index in [0.29, 0.717) is 23.7 Å². The lowest BCUT2D eigenvalue weighted by Gasteiger charge is -2.02. The fourth-order valence-corrected chi connectivity index (χ4v) is 1.20. The predicted octanol–water partition coefficient (Wildman–Crippen LogP) is 1.89. The number of ketones is 1. The Morgan fingerprint density at radius 1 is 1.33 bits per heavy atom. The number of halogens is 1. The van der Waals surface area contributed by atoms with Gasteiger partial charge in [0.15, 0.2) is 5.78 Å². The Balaban J connectivity index is 2.37. The summed E-state index contributed by atoms with van der Waals surface area (Å²) >= 11 is 5.71. The van der Waals surface area contributed by atoms with Gasteiger partial charge in [-0.15, -0.1) is 0 Å². The standard InChI is InChI=1S/C11H14ClNO2/c12-10-4-2-9(3-5-10)11(14)8-15-7-1-6-13/h2-5H,1,6-8,13H2. The first-order valence-corrected chi connectivity index (χ1v) is 5.18. The number of carbonyl (C=O) groups is 1. The summed E-state index contributed by atoms with van der Waals surface area (Å²) in [5.74, 6) is -0.0383. The van der Waals surface area contributed by atoms with Crippen molar-refractivity contribution >= 4 is 17.4 Å². The van der Waals surface area contributed by atoms with E-state index in [-0.39, 0.29) is 12.4 Å². The maximum atomic E-state index is 11.5. The lowest BCUT2D eigenvalue weighted by Crippen LogP contribution is -2.11. The average Bonchev–Trinajstić information content (AvgIpc) is 2.25. The van der Waals surface area contributed by atoms with Crippen LogP contribution in [0, 0.1) is 0 Å².